The van der Waals surface area contributed by atoms with Crippen molar-refractivity contribution in [2.24, 2.45) is 0 Å². The van der Waals surface area contributed by atoms with Gasteiger partial charge in [0.1, 0.15) is 35.1 Å². The fourth-order valence-electron chi connectivity index (χ4n) is 5.08. The zero-order valence-electron chi connectivity index (χ0n) is 31.7. The molecule has 0 aliphatic carbocycles. The Kier molecular flexibility index (Phi) is 15.0. The van der Waals surface area contributed by atoms with E-state index in [4.69, 9.17) is 11.6 Å². The van der Waals surface area contributed by atoms with Crippen molar-refractivity contribution in [1.29, 1.82) is 0 Å². The molecule has 3 aromatic rings. The first-order chi connectivity index (χ1) is 28.1. The fraction of sp³-hybridized carbons (Fsp3) is 0.229. The number of nitrogens with zero attached hydrogens (tertiary/aromatic N) is 8. The summed E-state index contributed by atoms with van der Waals surface area (Å²) in [5.74, 6) is -4.00. The summed E-state index contributed by atoms with van der Waals surface area (Å²) in [6, 6.07) is 5.91. The van der Waals surface area contributed by atoms with Gasteiger partial charge < -0.3 is 0 Å². The van der Waals surface area contributed by atoms with E-state index in [1.54, 1.807) is 19.3 Å². The van der Waals surface area contributed by atoms with Gasteiger partial charge in [0.05, 0.1) is 10.6 Å². The highest BCUT2D eigenvalue weighted by Gasteiger charge is 2.43. The van der Waals surface area contributed by atoms with E-state index in [2.05, 4.69) is 84.1 Å². The van der Waals surface area contributed by atoms with E-state index in [0.29, 0.717) is 21.9 Å². The summed E-state index contributed by atoms with van der Waals surface area (Å²) >= 11 is 17.5. The van der Waals surface area contributed by atoms with Crippen LogP contribution in [0.5, 0.6) is 0 Å². The van der Waals surface area contributed by atoms with E-state index < -0.39 is 64.7 Å². The lowest BCUT2D eigenvalue weighted by Crippen LogP contribution is -2.46. The molecule has 6 rings (SSSR count). The smallest absolute Gasteiger partial charge is 0.271 e. The van der Waals surface area contributed by atoms with E-state index in [1.165, 1.54) is 25.8 Å². The number of carbonyl (C=O) groups is 6. The van der Waals surface area contributed by atoms with Gasteiger partial charge in [0.25, 0.3) is 35.4 Å². The third kappa shape index (κ3) is 10.5. The number of anilines is 3. The lowest BCUT2D eigenvalue weighted by atomic mass is 10.2. The molecular formula is C35H26Br4ClF6N9O6. The molecule has 6 heterocycles. The van der Waals surface area contributed by atoms with Crippen LogP contribution in [0.25, 0.3) is 0 Å². The van der Waals surface area contributed by atoms with Gasteiger partial charge in [-0.25, -0.2) is 15.0 Å². The first-order valence-electron chi connectivity index (χ1n) is 16.5. The highest BCUT2D eigenvalue weighted by molar-refractivity contribution is 9.15. The van der Waals surface area contributed by atoms with Crippen molar-refractivity contribution in [3.05, 3.63) is 99.2 Å². The van der Waals surface area contributed by atoms with Crippen LogP contribution in [0.4, 0.5) is 43.8 Å². The topological polar surface area (TPSA) is 169 Å². The van der Waals surface area contributed by atoms with Crippen LogP contribution in [0.2, 0.25) is 5.02 Å². The number of pyridine rings is 3. The van der Waals surface area contributed by atoms with Gasteiger partial charge in [-0.05, 0) is 121 Å². The number of imide groups is 3. The summed E-state index contributed by atoms with van der Waals surface area (Å²) in [5, 5.41) is 4.13. The van der Waals surface area contributed by atoms with Gasteiger partial charge in [0, 0.05) is 43.3 Å². The molecule has 6 amide bonds. The average Bonchev–Trinajstić information content (AvgIpc) is 3.59. The van der Waals surface area contributed by atoms with Gasteiger partial charge in [-0.15, -0.1) is 0 Å². The Hall–Kier alpha value is -4.72. The minimum atomic E-state index is -4.75. The number of hydrazine groups is 3. The molecule has 0 aromatic carbocycles. The van der Waals surface area contributed by atoms with Crippen molar-refractivity contribution < 1.29 is 55.1 Å². The number of amides is 6. The molecule has 1 N–H and O–H groups in total. The third-order valence-corrected chi connectivity index (χ3v) is 12.5. The Morgan fingerprint density at radius 3 is 1.54 bits per heavy atom. The second kappa shape index (κ2) is 18.7. The van der Waals surface area contributed by atoms with Crippen molar-refractivity contribution >= 4 is 128 Å². The highest BCUT2D eigenvalue weighted by atomic mass is 79.9. The molecule has 0 radical (unpaired) electrons. The number of carbonyl (C=O) groups excluding carboxylic acids is 6. The van der Waals surface area contributed by atoms with Gasteiger partial charge in [-0.3, -0.25) is 44.2 Å². The maximum atomic E-state index is 13.1. The minimum absolute atomic E-state index is 0.0909. The molecule has 0 fully saturated rings. The Balaban J connectivity index is 0.000000202. The SMILES string of the molecule is CC1=C(C)C(=O)N(Nc2cc(C(F)(F)F)cc(C)n2)C1=O.CN(c1ncc(Cl)cc1C(F)(F)F)N1C(=O)C(Br)=C(Br)C1=O.Cc1ccc(N(C)N2C(=O)C(Br)=C(Br)C2=O)nc1. The molecule has 3 aliphatic heterocycles. The summed E-state index contributed by atoms with van der Waals surface area (Å²) < 4.78 is 77.7. The lowest BCUT2D eigenvalue weighted by molar-refractivity contribution is -0.141. The van der Waals surface area contributed by atoms with Crippen molar-refractivity contribution in [2.75, 3.05) is 29.5 Å². The van der Waals surface area contributed by atoms with Gasteiger partial charge in [0.15, 0.2) is 5.82 Å². The van der Waals surface area contributed by atoms with Crippen molar-refractivity contribution in [3.63, 3.8) is 0 Å². The van der Waals surface area contributed by atoms with Crippen molar-refractivity contribution in [2.45, 2.75) is 40.0 Å². The van der Waals surface area contributed by atoms with Crippen LogP contribution >= 0.6 is 75.3 Å². The summed E-state index contributed by atoms with van der Waals surface area (Å²) in [7, 11) is 2.73. The maximum absolute atomic E-state index is 13.1. The Morgan fingerprint density at radius 2 is 1.11 bits per heavy atom. The van der Waals surface area contributed by atoms with Crippen LogP contribution in [0.15, 0.2) is 71.8 Å². The molecular weight excluding hydrogens is 1110 g/mol. The zero-order chi connectivity index (χ0) is 46.2. The van der Waals surface area contributed by atoms with Crippen LogP contribution in [-0.2, 0) is 41.1 Å². The molecule has 0 spiro atoms. The van der Waals surface area contributed by atoms with E-state index in [-0.39, 0.29) is 45.6 Å². The summed E-state index contributed by atoms with van der Waals surface area (Å²) in [6.07, 6.45) is -6.62. The monoisotopic (exact) mass is 1130 g/mol. The molecule has 324 valence electrons. The standard InChI is InChI=1S/C13H12F3N3O2.C11H5Br2ClF3N3O2.C11H9Br2N3O2/c1-6-4-9(13(14,15)16)5-10(17-6)18-19-11(20)7(2)8(3)12(19)21;1-19(20-9(21)6(12)7(13)10(20)22)8-5(11(15,16)17)2-4(14)3-18-8;1-6-3-4-7(14-5-6)15(2)16-10(17)8(12)9(13)11(16)18/h4-5H,1-3H3,(H,17,18);2-3H,1H3;3-5H,1-2H3. The average molecular weight is 1140 g/mol. The minimum Gasteiger partial charge on any atom is -0.271 e. The highest BCUT2D eigenvalue weighted by Crippen LogP contribution is 2.39. The summed E-state index contributed by atoms with van der Waals surface area (Å²) in [6.45, 7) is 6.25. The second-order valence-electron chi connectivity index (χ2n) is 12.6. The number of hydrogen-bond donors (Lipinski definition) is 1. The number of aromatic nitrogens is 3. The number of rotatable bonds is 6. The first kappa shape index (κ1) is 48.9. The zero-order valence-corrected chi connectivity index (χ0v) is 38.8. The predicted molar refractivity (Wildman–Crippen MR) is 221 cm³/mol. The number of aryl methyl sites for hydroxylation is 2. The lowest BCUT2D eigenvalue weighted by Gasteiger charge is -2.29. The van der Waals surface area contributed by atoms with Gasteiger partial charge in [-0.1, -0.05) is 17.7 Å². The summed E-state index contributed by atoms with van der Waals surface area (Å²) in [5.41, 5.74) is 1.88. The van der Waals surface area contributed by atoms with E-state index >= 15 is 0 Å². The van der Waals surface area contributed by atoms with Crippen LogP contribution in [0.1, 0.15) is 36.2 Å². The Labute approximate surface area is 379 Å². The molecule has 0 saturated carbocycles. The van der Waals surface area contributed by atoms with E-state index in [0.717, 1.165) is 41.0 Å². The van der Waals surface area contributed by atoms with Crippen LogP contribution in [-0.4, -0.2) is 79.5 Å². The molecule has 3 aliphatic rings. The van der Waals surface area contributed by atoms with E-state index in [9.17, 15) is 55.1 Å². The number of nitrogens with one attached hydrogen (secondary N) is 1. The van der Waals surface area contributed by atoms with Gasteiger partial charge in [0.2, 0.25) is 0 Å². The third-order valence-electron chi connectivity index (χ3n) is 8.30. The summed E-state index contributed by atoms with van der Waals surface area (Å²) in [4.78, 5) is 83.0. The Bertz CT molecular complexity index is 2390. The first-order valence-corrected chi connectivity index (χ1v) is 20.0. The molecule has 0 unspecified atom stereocenters. The Morgan fingerprint density at radius 1 is 0.639 bits per heavy atom. The number of alkyl halides is 6. The van der Waals surface area contributed by atoms with Gasteiger partial charge >= 0.3 is 12.4 Å². The quantitative estimate of drug-likeness (QED) is 0.187. The number of halogens is 11. The molecule has 15 nitrogen and oxygen atoms in total. The molecule has 0 atom stereocenters. The molecule has 0 saturated heterocycles. The molecule has 0 bridgehead atoms. The largest absolute Gasteiger partial charge is 0.420 e. The van der Waals surface area contributed by atoms with Crippen molar-refractivity contribution in [3.8, 4) is 0 Å². The number of hydrogen-bond acceptors (Lipinski definition) is 12. The second-order valence-corrected chi connectivity index (χ2v) is 16.2. The predicted octanol–water partition coefficient (Wildman–Crippen LogP) is 8.03. The normalized spacial score (nSPS) is 15.9. The fourth-order valence-corrected chi connectivity index (χ4v) is 6.59. The van der Waals surface area contributed by atoms with E-state index in [1.807, 2.05) is 13.0 Å². The van der Waals surface area contributed by atoms with Crippen LogP contribution in [0.3, 0.4) is 0 Å². The molecule has 3 aromatic heterocycles. The molecule has 61 heavy (non-hydrogen) atoms. The van der Waals surface area contributed by atoms with Crippen LogP contribution in [0, 0.1) is 13.8 Å². The van der Waals surface area contributed by atoms with Crippen LogP contribution < -0.4 is 15.4 Å². The molecule has 26 heteroatoms. The van der Waals surface area contributed by atoms with Crippen molar-refractivity contribution in [1.82, 2.24) is 30.0 Å². The van der Waals surface area contributed by atoms with Gasteiger partial charge in [-0.2, -0.15) is 41.4 Å². The maximum Gasteiger partial charge on any atom is 0.420 e.